The van der Waals surface area contributed by atoms with Crippen LogP contribution < -0.4 is 0 Å². The lowest BCUT2D eigenvalue weighted by Crippen LogP contribution is -2.01. The van der Waals surface area contributed by atoms with Gasteiger partial charge in [0.25, 0.3) is 0 Å². The monoisotopic (exact) mass is 388 g/mol. The van der Waals surface area contributed by atoms with Crippen LogP contribution in [-0.2, 0) is 12.3 Å². The van der Waals surface area contributed by atoms with Gasteiger partial charge in [-0.25, -0.2) is 0 Å². The summed E-state index contributed by atoms with van der Waals surface area (Å²) in [5.41, 5.74) is 2.31. The first-order valence-electron chi connectivity index (χ1n) is 5.72. The highest BCUT2D eigenvalue weighted by Crippen LogP contribution is 2.29. The number of nitrogens with zero attached hydrogens (tertiary/aromatic N) is 2. The summed E-state index contributed by atoms with van der Waals surface area (Å²) in [6, 6.07) is 8.39. The molecule has 0 bridgehead atoms. The first-order chi connectivity index (χ1) is 8.61. The maximum absolute atomic E-state index is 4.50. The highest BCUT2D eigenvalue weighted by Gasteiger charge is 2.12. The molecule has 0 amide bonds. The third-order valence-electron chi connectivity index (χ3n) is 2.64. The largest absolute Gasteiger partial charge is 0.268 e. The minimum absolute atomic E-state index is 0.905. The Morgan fingerprint density at radius 3 is 2.50 bits per heavy atom. The van der Waals surface area contributed by atoms with Crippen LogP contribution in [0.4, 0.5) is 0 Å². The van der Waals surface area contributed by atoms with Crippen LogP contribution in [0.15, 0.2) is 38.1 Å². The number of thioether (sulfide) groups is 1. The van der Waals surface area contributed by atoms with E-state index in [-0.39, 0.29) is 0 Å². The fourth-order valence-electron chi connectivity index (χ4n) is 1.69. The van der Waals surface area contributed by atoms with E-state index >= 15 is 0 Å². The molecule has 0 aliphatic rings. The van der Waals surface area contributed by atoms with E-state index in [0.29, 0.717) is 0 Å². The first-order valence-corrected chi connectivity index (χ1v) is 8.29. The second-order valence-electron chi connectivity index (χ2n) is 3.90. The topological polar surface area (TPSA) is 17.8 Å². The third-order valence-corrected chi connectivity index (χ3v) is 5.23. The fourth-order valence-corrected chi connectivity index (χ4v) is 3.49. The summed E-state index contributed by atoms with van der Waals surface area (Å²) in [4.78, 5) is 1.27. The molecule has 96 valence electrons. The zero-order chi connectivity index (χ0) is 13.1. The molecule has 2 rings (SSSR count). The quantitative estimate of drug-likeness (QED) is 0.682. The minimum Gasteiger partial charge on any atom is -0.268 e. The summed E-state index contributed by atoms with van der Waals surface area (Å²) >= 11 is 8.90. The summed E-state index contributed by atoms with van der Waals surface area (Å²) in [6.45, 7) is 5.05. The predicted octanol–water partition coefficient (Wildman–Crippen LogP) is 5.03. The molecule has 0 N–H and O–H groups in total. The van der Waals surface area contributed by atoms with Gasteiger partial charge in [0.15, 0.2) is 0 Å². The Balaban J connectivity index is 2.12. The van der Waals surface area contributed by atoms with E-state index < -0.39 is 0 Å². The number of aromatic nitrogens is 2. The normalized spacial score (nSPS) is 10.9. The van der Waals surface area contributed by atoms with Crippen LogP contribution in [0.25, 0.3) is 0 Å². The Bertz CT molecular complexity index is 535. The highest BCUT2D eigenvalue weighted by molar-refractivity contribution is 9.10. The first kappa shape index (κ1) is 14.2. The molecule has 18 heavy (non-hydrogen) atoms. The third kappa shape index (κ3) is 3.19. The number of rotatable bonds is 4. The van der Waals surface area contributed by atoms with Crippen molar-refractivity contribution in [3.05, 3.63) is 44.6 Å². The van der Waals surface area contributed by atoms with Gasteiger partial charge >= 0.3 is 0 Å². The molecule has 0 aliphatic heterocycles. The van der Waals surface area contributed by atoms with Gasteiger partial charge in [-0.05, 0) is 54.0 Å². The summed E-state index contributed by atoms with van der Waals surface area (Å²) < 4.78 is 4.31. The van der Waals surface area contributed by atoms with Crippen LogP contribution in [0.1, 0.15) is 18.3 Å². The van der Waals surface area contributed by atoms with Crippen LogP contribution in [-0.4, -0.2) is 9.78 Å². The lowest BCUT2D eigenvalue weighted by atomic mass is 10.4. The molecule has 0 spiro atoms. The van der Waals surface area contributed by atoms with Crippen molar-refractivity contribution in [3.63, 3.8) is 0 Å². The van der Waals surface area contributed by atoms with Crippen molar-refractivity contribution in [2.75, 3.05) is 0 Å². The number of hydrogen-bond donors (Lipinski definition) is 0. The van der Waals surface area contributed by atoms with Gasteiger partial charge in [0, 0.05) is 21.7 Å². The molecule has 1 aromatic carbocycles. The molecule has 0 fully saturated rings. The molecular weight excluding hydrogens is 376 g/mol. The molecule has 0 saturated carbocycles. The molecular formula is C13H14Br2N2S. The molecule has 1 aromatic heterocycles. The van der Waals surface area contributed by atoms with E-state index in [1.165, 1.54) is 10.6 Å². The molecule has 1 heterocycles. The maximum atomic E-state index is 4.50. The number of halogens is 2. The van der Waals surface area contributed by atoms with Crippen molar-refractivity contribution in [2.24, 2.45) is 0 Å². The molecule has 0 radical (unpaired) electrons. The molecule has 0 atom stereocenters. The van der Waals surface area contributed by atoms with Gasteiger partial charge in [-0.1, -0.05) is 15.9 Å². The van der Waals surface area contributed by atoms with Crippen molar-refractivity contribution in [1.82, 2.24) is 9.78 Å². The van der Waals surface area contributed by atoms with E-state index in [9.17, 15) is 0 Å². The van der Waals surface area contributed by atoms with Crippen LogP contribution >= 0.6 is 43.6 Å². The van der Waals surface area contributed by atoms with Gasteiger partial charge in [0.05, 0.1) is 15.9 Å². The Morgan fingerprint density at radius 2 is 1.89 bits per heavy atom. The molecule has 0 saturated heterocycles. The van der Waals surface area contributed by atoms with Crippen molar-refractivity contribution in [3.8, 4) is 0 Å². The number of hydrogen-bond acceptors (Lipinski definition) is 2. The van der Waals surface area contributed by atoms with E-state index in [2.05, 4.69) is 72.8 Å². The van der Waals surface area contributed by atoms with Crippen LogP contribution in [0.5, 0.6) is 0 Å². The SMILES string of the molecule is CCn1nc(C)c(Br)c1CSc1ccc(Br)cc1. The van der Waals surface area contributed by atoms with Gasteiger partial charge < -0.3 is 0 Å². The zero-order valence-corrected chi connectivity index (χ0v) is 14.3. The van der Waals surface area contributed by atoms with Crippen LogP contribution in [0.2, 0.25) is 0 Å². The van der Waals surface area contributed by atoms with Crippen molar-refractivity contribution >= 4 is 43.6 Å². The Hall–Kier alpha value is -0.260. The minimum atomic E-state index is 0.905. The standard InChI is InChI=1S/C13H14Br2N2S/c1-3-17-12(13(15)9(2)16-17)8-18-11-6-4-10(14)5-7-11/h4-7H,3,8H2,1-2H3. The number of benzene rings is 1. The Morgan fingerprint density at radius 1 is 1.22 bits per heavy atom. The van der Waals surface area contributed by atoms with Gasteiger partial charge in [-0.15, -0.1) is 11.8 Å². The van der Waals surface area contributed by atoms with Crippen molar-refractivity contribution < 1.29 is 0 Å². The predicted molar refractivity (Wildman–Crippen MR) is 84.0 cm³/mol. The summed E-state index contributed by atoms with van der Waals surface area (Å²) in [6.07, 6.45) is 0. The van der Waals surface area contributed by atoms with Gasteiger partial charge in [-0.3, -0.25) is 4.68 Å². The average molecular weight is 390 g/mol. The zero-order valence-electron chi connectivity index (χ0n) is 10.3. The smallest absolute Gasteiger partial charge is 0.0739 e. The van der Waals surface area contributed by atoms with E-state index in [4.69, 9.17) is 0 Å². The van der Waals surface area contributed by atoms with Gasteiger partial charge in [0.2, 0.25) is 0 Å². The summed E-state index contributed by atoms with van der Waals surface area (Å²) in [7, 11) is 0. The molecule has 2 nitrogen and oxygen atoms in total. The van der Waals surface area contributed by atoms with Crippen molar-refractivity contribution in [1.29, 1.82) is 0 Å². The summed E-state index contributed by atoms with van der Waals surface area (Å²) in [5, 5.41) is 4.50. The maximum Gasteiger partial charge on any atom is 0.0739 e. The van der Waals surface area contributed by atoms with E-state index in [0.717, 1.165) is 26.9 Å². The lowest BCUT2D eigenvalue weighted by Gasteiger charge is -2.05. The fraction of sp³-hybridized carbons (Fsp3) is 0.308. The summed E-state index contributed by atoms with van der Waals surface area (Å²) in [5.74, 6) is 0.927. The second kappa shape index (κ2) is 6.26. The van der Waals surface area contributed by atoms with E-state index in [1.54, 1.807) is 0 Å². The Labute approximate surface area is 128 Å². The Kier molecular flexibility index (Phi) is 4.92. The second-order valence-corrected chi connectivity index (χ2v) is 6.66. The van der Waals surface area contributed by atoms with Gasteiger partial charge in [0.1, 0.15) is 0 Å². The van der Waals surface area contributed by atoms with E-state index in [1.807, 2.05) is 18.7 Å². The lowest BCUT2D eigenvalue weighted by molar-refractivity contribution is 0.631. The highest BCUT2D eigenvalue weighted by atomic mass is 79.9. The molecule has 5 heteroatoms. The van der Waals surface area contributed by atoms with Crippen LogP contribution in [0.3, 0.4) is 0 Å². The molecule has 0 unspecified atom stereocenters. The number of aryl methyl sites for hydroxylation is 2. The average Bonchev–Trinajstić information content (AvgIpc) is 2.65. The van der Waals surface area contributed by atoms with Crippen LogP contribution in [0, 0.1) is 6.92 Å². The van der Waals surface area contributed by atoms with Gasteiger partial charge in [-0.2, -0.15) is 5.10 Å². The molecule has 0 aliphatic carbocycles. The molecule has 2 aromatic rings. The van der Waals surface area contributed by atoms with Crippen molar-refractivity contribution in [2.45, 2.75) is 31.0 Å².